The maximum absolute atomic E-state index is 12.5. The van der Waals surface area contributed by atoms with Crippen LogP contribution < -0.4 is 0 Å². The van der Waals surface area contributed by atoms with Crippen LogP contribution in [0.2, 0.25) is 0 Å². The lowest BCUT2D eigenvalue weighted by Gasteiger charge is -2.32. The molecule has 1 amide bonds. The third kappa shape index (κ3) is 3.43. The molecule has 0 aromatic rings. The Morgan fingerprint density at radius 2 is 1.77 bits per heavy atom. The summed E-state index contributed by atoms with van der Waals surface area (Å²) in [5.41, 5.74) is 0. The number of carbonyl (C=O) groups is 2. The molecule has 126 valence electrons. The summed E-state index contributed by atoms with van der Waals surface area (Å²) in [5.74, 6) is -1.53. The van der Waals surface area contributed by atoms with Crippen molar-refractivity contribution >= 4 is 21.9 Å². The standard InChI is InChI=1S/C14H24N2O5S/c1-3-22(20,21)16-6-4-11(5-7-16)13(17)15-8-10(2)12(9-15)14(18)19/h10-12H,3-9H2,1-2H3,(H,18,19)/t10-,12-/m1/s1. The van der Waals surface area contributed by atoms with Crippen LogP contribution in [0.15, 0.2) is 0 Å². The largest absolute Gasteiger partial charge is 0.481 e. The second-order valence-electron chi connectivity index (χ2n) is 6.24. The Labute approximate surface area is 131 Å². The first kappa shape index (κ1) is 17.2. The van der Waals surface area contributed by atoms with Crippen molar-refractivity contribution in [1.29, 1.82) is 0 Å². The molecule has 1 N–H and O–H groups in total. The number of likely N-dealkylation sites (tertiary alicyclic amines) is 1. The molecular formula is C14H24N2O5S. The molecule has 2 fully saturated rings. The molecule has 0 aromatic carbocycles. The zero-order valence-corrected chi connectivity index (χ0v) is 13.9. The molecular weight excluding hydrogens is 308 g/mol. The Morgan fingerprint density at radius 1 is 1.18 bits per heavy atom. The quantitative estimate of drug-likeness (QED) is 0.795. The molecule has 2 atom stereocenters. The lowest BCUT2D eigenvalue weighted by molar-refractivity contribution is -0.142. The Morgan fingerprint density at radius 3 is 2.23 bits per heavy atom. The molecule has 8 heteroatoms. The number of hydrogen-bond donors (Lipinski definition) is 1. The van der Waals surface area contributed by atoms with Gasteiger partial charge in [0.2, 0.25) is 15.9 Å². The average molecular weight is 332 g/mol. The van der Waals surface area contributed by atoms with Gasteiger partial charge in [-0.25, -0.2) is 12.7 Å². The number of carboxylic acids is 1. The maximum atomic E-state index is 12.5. The number of sulfonamides is 1. The summed E-state index contributed by atoms with van der Waals surface area (Å²) in [6, 6.07) is 0. The lowest BCUT2D eigenvalue weighted by Crippen LogP contribution is -2.44. The van der Waals surface area contributed by atoms with E-state index in [0.29, 0.717) is 32.5 Å². The molecule has 2 heterocycles. The van der Waals surface area contributed by atoms with E-state index >= 15 is 0 Å². The number of hydrogen-bond acceptors (Lipinski definition) is 4. The van der Waals surface area contributed by atoms with Crippen molar-refractivity contribution in [2.45, 2.75) is 26.7 Å². The monoisotopic (exact) mass is 332 g/mol. The van der Waals surface area contributed by atoms with Gasteiger partial charge in [0.05, 0.1) is 11.7 Å². The van der Waals surface area contributed by atoms with E-state index in [0.717, 1.165) is 0 Å². The van der Waals surface area contributed by atoms with Crippen LogP contribution in [0.1, 0.15) is 26.7 Å². The number of carboxylic acid groups (broad SMARTS) is 1. The summed E-state index contributed by atoms with van der Waals surface area (Å²) in [7, 11) is -3.19. The van der Waals surface area contributed by atoms with Crippen molar-refractivity contribution in [2.24, 2.45) is 17.8 Å². The van der Waals surface area contributed by atoms with E-state index in [9.17, 15) is 18.0 Å². The van der Waals surface area contributed by atoms with Crippen molar-refractivity contribution in [3.05, 3.63) is 0 Å². The molecule has 22 heavy (non-hydrogen) atoms. The van der Waals surface area contributed by atoms with E-state index in [2.05, 4.69) is 0 Å². The predicted molar refractivity (Wildman–Crippen MR) is 80.6 cm³/mol. The Bertz CT molecular complexity index is 539. The molecule has 7 nitrogen and oxygen atoms in total. The Kier molecular flexibility index (Phi) is 5.11. The van der Waals surface area contributed by atoms with Crippen molar-refractivity contribution in [3.8, 4) is 0 Å². The van der Waals surface area contributed by atoms with Crippen LogP contribution in [-0.2, 0) is 19.6 Å². The number of carbonyl (C=O) groups excluding carboxylic acids is 1. The molecule has 0 aromatic heterocycles. The number of aliphatic carboxylic acids is 1. The van der Waals surface area contributed by atoms with E-state index in [1.807, 2.05) is 6.92 Å². The van der Waals surface area contributed by atoms with Gasteiger partial charge in [-0.15, -0.1) is 0 Å². The van der Waals surface area contributed by atoms with Gasteiger partial charge in [0.25, 0.3) is 0 Å². The molecule has 2 aliphatic heterocycles. The highest BCUT2D eigenvalue weighted by atomic mass is 32.2. The number of amides is 1. The predicted octanol–water partition coefficient (Wildman–Crippen LogP) is 0.227. The molecule has 2 aliphatic rings. The molecule has 0 spiro atoms. The lowest BCUT2D eigenvalue weighted by atomic mass is 9.96. The van der Waals surface area contributed by atoms with E-state index in [1.165, 1.54) is 4.31 Å². The van der Waals surface area contributed by atoms with Gasteiger partial charge < -0.3 is 10.0 Å². The smallest absolute Gasteiger partial charge is 0.308 e. The number of rotatable bonds is 4. The highest BCUT2D eigenvalue weighted by molar-refractivity contribution is 7.89. The molecule has 0 saturated carbocycles. The molecule has 0 radical (unpaired) electrons. The highest BCUT2D eigenvalue weighted by Crippen LogP contribution is 2.28. The topological polar surface area (TPSA) is 95.0 Å². The first-order chi connectivity index (χ1) is 10.3. The van der Waals surface area contributed by atoms with Gasteiger partial charge in [0.1, 0.15) is 0 Å². The third-order valence-electron chi connectivity index (χ3n) is 4.80. The van der Waals surface area contributed by atoms with Gasteiger partial charge in [-0.1, -0.05) is 6.92 Å². The molecule has 0 bridgehead atoms. The van der Waals surface area contributed by atoms with Gasteiger partial charge >= 0.3 is 5.97 Å². The third-order valence-corrected chi connectivity index (χ3v) is 6.68. The van der Waals surface area contributed by atoms with E-state index in [4.69, 9.17) is 5.11 Å². The fourth-order valence-electron chi connectivity index (χ4n) is 3.29. The molecule has 2 saturated heterocycles. The second-order valence-corrected chi connectivity index (χ2v) is 8.50. The minimum absolute atomic E-state index is 0.0239. The summed E-state index contributed by atoms with van der Waals surface area (Å²) in [6.07, 6.45) is 1.03. The number of piperidine rings is 1. The Hall–Kier alpha value is -1.15. The minimum atomic E-state index is -3.19. The summed E-state index contributed by atoms with van der Waals surface area (Å²) < 4.78 is 25.1. The fraction of sp³-hybridized carbons (Fsp3) is 0.857. The molecule has 0 aliphatic carbocycles. The first-order valence-corrected chi connectivity index (χ1v) is 9.36. The Balaban J connectivity index is 1.92. The van der Waals surface area contributed by atoms with Crippen molar-refractivity contribution in [2.75, 3.05) is 31.9 Å². The van der Waals surface area contributed by atoms with E-state index in [1.54, 1.807) is 11.8 Å². The zero-order valence-electron chi connectivity index (χ0n) is 13.1. The van der Waals surface area contributed by atoms with E-state index < -0.39 is 21.9 Å². The first-order valence-electron chi connectivity index (χ1n) is 7.75. The van der Waals surface area contributed by atoms with Crippen LogP contribution in [-0.4, -0.2) is 66.5 Å². The van der Waals surface area contributed by atoms with Crippen LogP contribution in [0.5, 0.6) is 0 Å². The van der Waals surface area contributed by atoms with Crippen molar-refractivity contribution in [3.63, 3.8) is 0 Å². The number of nitrogens with zero attached hydrogens (tertiary/aromatic N) is 2. The van der Waals surface area contributed by atoms with Gasteiger partial charge in [-0.2, -0.15) is 0 Å². The highest BCUT2D eigenvalue weighted by Gasteiger charge is 2.40. The average Bonchev–Trinajstić information content (AvgIpc) is 2.89. The van der Waals surface area contributed by atoms with Crippen LogP contribution >= 0.6 is 0 Å². The van der Waals surface area contributed by atoms with Gasteiger partial charge in [-0.05, 0) is 25.7 Å². The molecule has 2 rings (SSSR count). The summed E-state index contributed by atoms with van der Waals surface area (Å²) in [4.78, 5) is 25.3. The summed E-state index contributed by atoms with van der Waals surface area (Å²) in [6.45, 7) is 4.95. The van der Waals surface area contributed by atoms with Crippen LogP contribution in [0.3, 0.4) is 0 Å². The van der Waals surface area contributed by atoms with Crippen LogP contribution in [0.4, 0.5) is 0 Å². The van der Waals surface area contributed by atoms with E-state index in [-0.39, 0.29) is 30.0 Å². The SMILES string of the molecule is CCS(=O)(=O)N1CCC(C(=O)N2C[C@@H](C)[C@H](C(=O)O)C2)CC1. The van der Waals surface area contributed by atoms with Crippen molar-refractivity contribution < 1.29 is 23.1 Å². The maximum Gasteiger partial charge on any atom is 0.308 e. The summed E-state index contributed by atoms with van der Waals surface area (Å²) >= 11 is 0. The van der Waals surface area contributed by atoms with Crippen molar-refractivity contribution in [1.82, 2.24) is 9.21 Å². The summed E-state index contributed by atoms with van der Waals surface area (Å²) in [5, 5.41) is 9.13. The fourth-order valence-corrected chi connectivity index (χ4v) is 4.42. The van der Waals surface area contributed by atoms with Crippen LogP contribution in [0, 0.1) is 17.8 Å². The van der Waals surface area contributed by atoms with Gasteiger partial charge in [0, 0.05) is 32.1 Å². The van der Waals surface area contributed by atoms with Gasteiger partial charge in [0.15, 0.2) is 0 Å². The second kappa shape index (κ2) is 6.54. The van der Waals surface area contributed by atoms with Gasteiger partial charge in [-0.3, -0.25) is 9.59 Å². The zero-order chi connectivity index (χ0) is 16.5. The van der Waals surface area contributed by atoms with Crippen LogP contribution in [0.25, 0.3) is 0 Å². The molecule has 0 unspecified atom stereocenters. The normalized spacial score (nSPS) is 28.0. The minimum Gasteiger partial charge on any atom is -0.481 e.